The van der Waals surface area contributed by atoms with E-state index in [1.165, 1.54) is 0 Å². The first kappa shape index (κ1) is 12.1. The lowest BCUT2D eigenvalue weighted by Gasteiger charge is -2.20. The van der Waals surface area contributed by atoms with Crippen molar-refractivity contribution in [3.05, 3.63) is 0 Å². The summed E-state index contributed by atoms with van der Waals surface area (Å²) in [5.41, 5.74) is 5.23. The highest BCUT2D eigenvalue weighted by molar-refractivity contribution is 5.82. The Morgan fingerprint density at radius 3 is 2.23 bits per heavy atom. The van der Waals surface area contributed by atoms with Gasteiger partial charge in [0.25, 0.3) is 0 Å². The number of carbonyl (C=O) groups is 2. The fourth-order valence-corrected chi connectivity index (χ4v) is 0.941. The maximum absolute atomic E-state index is 11.2. The first-order valence-corrected chi connectivity index (χ1v) is 4.31. The molecule has 0 radical (unpaired) electrons. The van der Waals surface area contributed by atoms with Gasteiger partial charge < -0.3 is 10.8 Å². The van der Waals surface area contributed by atoms with Crippen LogP contribution in [-0.2, 0) is 9.59 Å². The van der Waals surface area contributed by atoms with Crippen LogP contribution in [0.1, 0.15) is 33.1 Å². The third kappa shape index (κ3) is 6.28. The van der Waals surface area contributed by atoms with Crippen LogP contribution in [-0.4, -0.2) is 23.4 Å². The summed E-state index contributed by atoms with van der Waals surface area (Å²) in [6, 6.07) is 0. The summed E-state index contributed by atoms with van der Waals surface area (Å²) in [6.45, 7) is 4.23. The van der Waals surface area contributed by atoms with Gasteiger partial charge in [0.2, 0.25) is 0 Å². The molecule has 0 amide bonds. The van der Waals surface area contributed by atoms with Crippen LogP contribution in [0.25, 0.3) is 0 Å². The molecule has 0 aromatic heterocycles. The second-order valence-corrected chi connectivity index (χ2v) is 3.98. The SMILES string of the molecule is CC(C)(CN)CC(=O)CCC(=O)O. The van der Waals surface area contributed by atoms with Crippen molar-refractivity contribution >= 4 is 11.8 Å². The van der Waals surface area contributed by atoms with Crippen LogP contribution in [0.15, 0.2) is 0 Å². The van der Waals surface area contributed by atoms with Gasteiger partial charge in [0.05, 0.1) is 6.42 Å². The molecule has 0 aliphatic rings. The van der Waals surface area contributed by atoms with Gasteiger partial charge in [-0.1, -0.05) is 13.8 Å². The summed E-state index contributed by atoms with van der Waals surface area (Å²) >= 11 is 0. The van der Waals surface area contributed by atoms with Crippen LogP contribution in [0.2, 0.25) is 0 Å². The van der Waals surface area contributed by atoms with Crippen LogP contribution in [0.4, 0.5) is 0 Å². The van der Waals surface area contributed by atoms with Crippen LogP contribution < -0.4 is 5.73 Å². The lowest BCUT2D eigenvalue weighted by Crippen LogP contribution is -2.26. The standard InChI is InChI=1S/C9H17NO3/c1-9(2,6-10)5-7(11)3-4-8(12)13/h3-6,10H2,1-2H3,(H,12,13). The molecular weight excluding hydrogens is 170 g/mol. The monoisotopic (exact) mass is 187 g/mol. The van der Waals surface area contributed by atoms with Crippen molar-refractivity contribution in [1.82, 2.24) is 0 Å². The molecule has 0 fully saturated rings. The maximum atomic E-state index is 11.2. The Balaban J connectivity index is 3.81. The molecule has 0 spiro atoms. The fourth-order valence-electron chi connectivity index (χ4n) is 0.941. The quantitative estimate of drug-likeness (QED) is 0.644. The summed E-state index contributed by atoms with van der Waals surface area (Å²) in [4.78, 5) is 21.4. The zero-order valence-electron chi connectivity index (χ0n) is 8.17. The lowest BCUT2D eigenvalue weighted by molar-refractivity contribution is -0.138. The molecular formula is C9H17NO3. The van der Waals surface area contributed by atoms with Crippen LogP contribution in [0, 0.1) is 5.41 Å². The van der Waals surface area contributed by atoms with Crippen molar-refractivity contribution in [2.24, 2.45) is 11.1 Å². The molecule has 0 rings (SSSR count). The minimum Gasteiger partial charge on any atom is -0.481 e. The number of carboxylic acid groups (broad SMARTS) is 1. The molecule has 3 N–H and O–H groups in total. The summed E-state index contributed by atoms with van der Waals surface area (Å²) in [5.74, 6) is -0.961. The van der Waals surface area contributed by atoms with Crippen LogP contribution >= 0.6 is 0 Å². The summed E-state index contributed by atoms with van der Waals surface area (Å²) < 4.78 is 0. The number of rotatable bonds is 6. The van der Waals surface area contributed by atoms with E-state index in [-0.39, 0.29) is 24.0 Å². The second kappa shape index (κ2) is 4.97. The Labute approximate surface area is 78.1 Å². The number of hydrogen-bond acceptors (Lipinski definition) is 3. The van der Waals surface area contributed by atoms with Crippen molar-refractivity contribution in [3.63, 3.8) is 0 Å². The molecule has 4 heteroatoms. The van der Waals surface area contributed by atoms with Gasteiger partial charge in [-0.05, 0) is 12.0 Å². The van der Waals surface area contributed by atoms with Crippen molar-refractivity contribution in [3.8, 4) is 0 Å². The zero-order chi connectivity index (χ0) is 10.5. The minimum atomic E-state index is -0.932. The molecule has 76 valence electrons. The highest BCUT2D eigenvalue weighted by Gasteiger charge is 2.20. The highest BCUT2D eigenvalue weighted by atomic mass is 16.4. The number of Topliss-reactive ketones (excluding diaryl/α,β-unsaturated/α-hetero) is 1. The average Bonchev–Trinajstić information content (AvgIpc) is 2.00. The van der Waals surface area contributed by atoms with Crippen molar-refractivity contribution in [1.29, 1.82) is 0 Å². The first-order valence-electron chi connectivity index (χ1n) is 4.31. The number of carboxylic acids is 1. The largest absolute Gasteiger partial charge is 0.481 e. The van der Waals surface area contributed by atoms with Gasteiger partial charge in [0.1, 0.15) is 5.78 Å². The molecule has 0 aromatic carbocycles. The zero-order valence-corrected chi connectivity index (χ0v) is 8.17. The second-order valence-electron chi connectivity index (χ2n) is 3.98. The van der Waals surface area contributed by atoms with E-state index in [9.17, 15) is 9.59 Å². The molecule has 0 heterocycles. The predicted octanol–water partition coefficient (Wildman–Crippen LogP) is 0.795. The Hall–Kier alpha value is -0.900. The fraction of sp³-hybridized carbons (Fsp3) is 0.778. The molecule has 0 saturated carbocycles. The summed E-state index contributed by atoms with van der Waals surface area (Å²) in [5, 5.41) is 8.34. The van der Waals surface area contributed by atoms with Gasteiger partial charge in [-0.3, -0.25) is 9.59 Å². The van der Waals surface area contributed by atoms with E-state index in [4.69, 9.17) is 10.8 Å². The van der Waals surface area contributed by atoms with Crippen LogP contribution in [0.5, 0.6) is 0 Å². The lowest BCUT2D eigenvalue weighted by atomic mass is 9.86. The van der Waals surface area contributed by atoms with E-state index in [1.54, 1.807) is 0 Å². The van der Waals surface area contributed by atoms with Crippen LogP contribution in [0.3, 0.4) is 0 Å². The number of nitrogens with two attached hydrogens (primary N) is 1. The van der Waals surface area contributed by atoms with E-state index in [0.717, 1.165) is 0 Å². The smallest absolute Gasteiger partial charge is 0.303 e. The van der Waals surface area contributed by atoms with E-state index in [0.29, 0.717) is 13.0 Å². The van der Waals surface area contributed by atoms with Crippen molar-refractivity contribution in [2.75, 3.05) is 6.54 Å². The molecule has 0 unspecified atom stereocenters. The van der Waals surface area contributed by atoms with Gasteiger partial charge >= 0.3 is 5.97 Å². The maximum Gasteiger partial charge on any atom is 0.303 e. The Kier molecular flexibility index (Phi) is 4.62. The molecule has 0 saturated heterocycles. The highest BCUT2D eigenvalue weighted by Crippen LogP contribution is 2.19. The normalized spacial score (nSPS) is 11.3. The first-order chi connectivity index (χ1) is 5.87. The van der Waals surface area contributed by atoms with Gasteiger partial charge in [0.15, 0.2) is 0 Å². The van der Waals surface area contributed by atoms with Gasteiger partial charge in [-0.15, -0.1) is 0 Å². The third-order valence-electron chi connectivity index (χ3n) is 1.85. The predicted molar refractivity (Wildman–Crippen MR) is 49.3 cm³/mol. The topological polar surface area (TPSA) is 80.4 Å². The van der Waals surface area contributed by atoms with Crippen molar-refractivity contribution in [2.45, 2.75) is 33.1 Å². The van der Waals surface area contributed by atoms with Gasteiger partial charge in [0, 0.05) is 12.8 Å². The molecule has 0 aromatic rings. The molecule has 0 aliphatic carbocycles. The third-order valence-corrected chi connectivity index (χ3v) is 1.85. The van der Waals surface area contributed by atoms with Crippen molar-refractivity contribution < 1.29 is 14.7 Å². The van der Waals surface area contributed by atoms with Gasteiger partial charge in [-0.25, -0.2) is 0 Å². The summed E-state index contributed by atoms with van der Waals surface area (Å²) in [7, 11) is 0. The average molecular weight is 187 g/mol. The number of aliphatic carboxylic acids is 1. The van der Waals surface area contributed by atoms with Gasteiger partial charge in [-0.2, -0.15) is 0 Å². The molecule has 13 heavy (non-hydrogen) atoms. The van der Waals surface area contributed by atoms with E-state index in [1.807, 2.05) is 13.8 Å². The Morgan fingerprint density at radius 2 is 1.85 bits per heavy atom. The van der Waals surface area contributed by atoms with E-state index < -0.39 is 5.97 Å². The molecule has 0 bridgehead atoms. The van der Waals surface area contributed by atoms with E-state index >= 15 is 0 Å². The number of carbonyl (C=O) groups excluding carboxylic acids is 1. The molecule has 0 atom stereocenters. The Bertz CT molecular complexity index is 199. The van der Waals surface area contributed by atoms with E-state index in [2.05, 4.69) is 0 Å². The Morgan fingerprint density at radius 1 is 1.31 bits per heavy atom. The minimum absolute atomic E-state index is 0.0298. The molecule has 4 nitrogen and oxygen atoms in total. The molecule has 0 aliphatic heterocycles. The number of ketones is 1. The number of hydrogen-bond donors (Lipinski definition) is 2. The summed E-state index contributed by atoms with van der Waals surface area (Å²) in [6.07, 6.45) is 0.384.